The second-order valence-electron chi connectivity index (χ2n) is 6.42. The van der Waals surface area contributed by atoms with Crippen molar-refractivity contribution in [1.82, 2.24) is 19.9 Å². The van der Waals surface area contributed by atoms with Crippen molar-refractivity contribution in [3.63, 3.8) is 0 Å². The molecule has 27 heavy (non-hydrogen) atoms. The summed E-state index contributed by atoms with van der Waals surface area (Å²) in [6.45, 7) is 6.59. The van der Waals surface area contributed by atoms with Crippen molar-refractivity contribution in [3.8, 4) is 0 Å². The van der Waals surface area contributed by atoms with Gasteiger partial charge >= 0.3 is 0 Å². The minimum atomic E-state index is 0.441. The molecule has 0 atom stereocenters. The summed E-state index contributed by atoms with van der Waals surface area (Å²) in [5.41, 5.74) is 0.768. The Balaban J connectivity index is 1.44. The summed E-state index contributed by atoms with van der Waals surface area (Å²) in [4.78, 5) is 24.1. The van der Waals surface area contributed by atoms with Gasteiger partial charge in [-0.2, -0.15) is 0 Å². The Morgan fingerprint density at radius 2 is 1.44 bits per heavy atom. The minimum absolute atomic E-state index is 0.441. The van der Waals surface area contributed by atoms with Crippen LogP contribution in [0.4, 0.5) is 23.1 Å². The van der Waals surface area contributed by atoms with Gasteiger partial charge in [0, 0.05) is 52.4 Å². The van der Waals surface area contributed by atoms with Crippen LogP contribution in [0.5, 0.6) is 0 Å². The Kier molecular flexibility index (Phi) is 5.40. The molecule has 0 aliphatic carbocycles. The van der Waals surface area contributed by atoms with Gasteiger partial charge in [0.2, 0.25) is 0 Å². The summed E-state index contributed by atoms with van der Waals surface area (Å²) >= 11 is 6.18. The predicted molar refractivity (Wildman–Crippen MR) is 106 cm³/mol. The van der Waals surface area contributed by atoms with E-state index in [1.807, 2.05) is 7.05 Å². The first-order valence-corrected chi connectivity index (χ1v) is 9.47. The SMILES string of the molecule is CNc1c(Cl)ncnc1N1CCN(c2cc(N3CCOCC3)ncn2)CC1. The number of hydrogen-bond donors (Lipinski definition) is 1. The number of ether oxygens (including phenoxy) is 1. The summed E-state index contributed by atoms with van der Waals surface area (Å²) in [6, 6.07) is 2.07. The zero-order valence-electron chi connectivity index (χ0n) is 15.3. The first-order chi connectivity index (χ1) is 13.3. The lowest BCUT2D eigenvalue weighted by Crippen LogP contribution is -2.47. The Labute approximate surface area is 163 Å². The molecule has 0 unspecified atom stereocenters. The third-order valence-corrected chi connectivity index (χ3v) is 5.19. The molecule has 0 amide bonds. The molecule has 0 spiro atoms. The average molecular weight is 391 g/mol. The van der Waals surface area contributed by atoms with E-state index in [0.29, 0.717) is 5.15 Å². The molecule has 2 aliphatic heterocycles. The van der Waals surface area contributed by atoms with Gasteiger partial charge in [0.15, 0.2) is 11.0 Å². The molecule has 2 saturated heterocycles. The van der Waals surface area contributed by atoms with Crippen molar-refractivity contribution < 1.29 is 4.74 Å². The molecular formula is C17H23ClN8O. The van der Waals surface area contributed by atoms with E-state index >= 15 is 0 Å². The molecule has 144 valence electrons. The van der Waals surface area contributed by atoms with E-state index < -0.39 is 0 Å². The number of halogens is 1. The Hall–Kier alpha value is -2.39. The van der Waals surface area contributed by atoms with E-state index in [9.17, 15) is 0 Å². The van der Waals surface area contributed by atoms with Crippen LogP contribution in [0.25, 0.3) is 0 Å². The van der Waals surface area contributed by atoms with Crippen molar-refractivity contribution in [2.45, 2.75) is 0 Å². The second-order valence-corrected chi connectivity index (χ2v) is 6.78. The van der Waals surface area contributed by atoms with Gasteiger partial charge < -0.3 is 24.8 Å². The standard InChI is InChI=1S/C17H23ClN8O/c1-19-15-16(18)22-12-23-17(15)26-4-2-24(3-5-26)13-10-14(21-11-20-13)25-6-8-27-9-7-25/h10-12,19H,2-9H2,1H3. The molecular weight excluding hydrogens is 368 g/mol. The van der Waals surface area contributed by atoms with Crippen LogP contribution in [-0.4, -0.2) is 79.5 Å². The van der Waals surface area contributed by atoms with E-state index in [1.165, 1.54) is 6.33 Å². The second kappa shape index (κ2) is 8.10. The molecule has 1 N–H and O–H groups in total. The van der Waals surface area contributed by atoms with Gasteiger partial charge in [0.25, 0.3) is 0 Å². The Morgan fingerprint density at radius 1 is 0.852 bits per heavy atom. The molecule has 10 heteroatoms. The maximum atomic E-state index is 6.18. The number of rotatable bonds is 4. The van der Waals surface area contributed by atoms with Crippen LogP contribution < -0.4 is 20.0 Å². The van der Waals surface area contributed by atoms with Crippen molar-refractivity contribution >= 4 is 34.7 Å². The highest BCUT2D eigenvalue weighted by Gasteiger charge is 2.23. The fourth-order valence-electron chi connectivity index (χ4n) is 3.43. The average Bonchev–Trinajstić information content (AvgIpc) is 2.74. The number of piperazine rings is 1. The number of nitrogens with one attached hydrogen (secondary N) is 1. The Bertz CT molecular complexity index is 777. The highest BCUT2D eigenvalue weighted by molar-refractivity contribution is 6.32. The zero-order valence-corrected chi connectivity index (χ0v) is 16.1. The van der Waals surface area contributed by atoms with Crippen LogP contribution in [0.15, 0.2) is 18.7 Å². The maximum Gasteiger partial charge on any atom is 0.157 e. The first kappa shape index (κ1) is 18.0. The number of morpholine rings is 1. The fraction of sp³-hybridized carbons (Fsp3) is 0.529. The quantitative estimate of drug-likeness (QED) is 0.772. The lowest BCUT2D eigenvalue weighted by molar-refractivity contribution is 0.122. The molecule has 2 aliphatic rings. The molecule has 4 rings (SSSR count). The summed E-state index contributed by atoms with van der Waals surface area (Å²) in [5, 5.41) is 3.54. The molecule has 2 aromatic heterocycles. The Morgan fingerprint density at radius 3 is 2.11 bits per heavy atom. The molecule has 0 radical (unpaired) electrons. The summed E-state index contributed by atoms with van der Waals surface area (Å²) < 4.78 is 5.42. The minimum Gasteiger partial charge on any atom is -0.383 e. The molecule has 9 nitrogen and oxygen atoms in total. The van der Waals surface area contributed by atoms with E-state index in [2.05, 4.69) is 46.0 Å². The van der Waals surface area contributed by atoms with E-state index in [1.54, 1.807) is 6.33 Å². The predicted octanol–water partition coefficient (Wildman–Crippen LogP) is 1.12. The van der Waals surface area contributed by atoms with Crippen LogP contribution in [0, 0.1) is 0 Å². The van der Waals surface area contributed by atoms with Crippen LogP contribution >= 0.6 is 11.6 Å². The van der Waals surface area contributed by atoms with Gasteiger partial charge in [-0.05, 0) is 0 Å². The number of hydrogen-bond acceptors (Lipinski definition) is 9. The fourth-order valence-corrected chi connectivity index (χ4v) is 3.66. The van der Waals surface area contributed by atoms with Crippen LogP contribution in [0.2, 0.25) is 5.15 Å². The normalized spacial score (nSPS) is 17.9. The molecule has 0 bridgehead atoms. The van der Waals surface area contributed by atoms with Crippen LogP contribution in [0.3, 0.4) is 0 Å². The highest BCUT2D eigenvalue weighted by atomic mass is 35.5. The largest absolute Gasteiger partial charge is 0.383 e. The van der Waals surface area contributed by atoms with Crippen LogP contribution in [-0.2, 0) is 4.74 Å². The maximum absolute atomic E-state index is 6.18. The lowest BCUT2D eigenvalue weighted by Gasteiger charge is -2.37. The monoisotopic (exact) mass is 390 g/mol. The highest BCUT2D eigenvalue weighted by Crippen LogP contribution is 2.30. The summed E-state index contributed by atoms with van der Waals surface area (Å²) in [6.07, 6.45) is 3.15. The third kappa shape index (κ3) is 3.84. The van der Waals surface area contributed by atoms with Gasteiger partial charge in [-0.25, -0.2) is 19.9 Å². The number of anilines is 4. The number of nitrogens with zero attached hydrogens (tertiary/aromatic N) is 7. The zero-order chi connectivity index (χ0) is 18.6. The molecule has 2 fully saturated rings. The number of aromatic nitrogens is 4. The third-order valence-electron chi connectivity index (χ3n) is 4.91. The van der Waals surface area contributed by atoms with Gasteiger partial charge in [-0.3, -0.25) is 0 Å². The topological polar surface area (TPSA) is 82.5 Å². The molecule has 2 aromatic rings. The van der Waals surface area contributed by atoms with Crippen LogP contribution in [0.1, 0.15) is 0 Å². The van der Waals surface area contributed by atoms with Gasteiger partial charge in [0.05, 0.1) is 13.2 Å². The van der Waals surface area contributed by atoms with Crippen molar-refractivity contribution in [2.75, 3.05) is 79.5 Å². The summed E-state index contributed by atoms with van der Waals surface area (Å²) in [7, 11) is 1.83. The first-order valence-electron chi connectivity index (χ1n) is 9.09. The van der Waals surface area contributed by atoms with Crippen molar-refractivity contribution in [3.05, 3.63) is 23.9 Å². The van der Waals surface area contributed by atoms with Gasteiger partial charge in [-0.15, -0.1) is 0 Å². The molecule has 0 aromatic carbocycles. The lowest BCUT2D eigenvalue weighted by atomic mass is 10.3. The smallest absolute Gasteiger partial charge is 0.157 e. The van der Waals surface area contributed by atoms with E-state index in [-0.39, 0.29) is 0 Å². The van der Waals surface area contributed by atoms with Crippen molar-refractivity contribution in [2.24, 2.45) is 0 Å². The molecule has 0 saturated carbocycles. The molecule has 4 heterocycles. The van der Waals surface area contributed by atoms with Gasteiger partial charge in [0.1, 0.15) is 30.0 Å². The summed E-state index contributed by atoms with van der Waals surface area (Å²) in [5.74, 6) is 2.76. The van der Waals surface area contributed by atoms with Gasteiger partial charge in [-0.1, -0.05) is 11.6 Å². The van der Waals surface area contributed by atoms with E-state index in [0.717, 1.165) is 75.6 Å². The van der Waals surface area contributed by atoms with Crippen molar-refractivity contribution in [1.29, 1.82) is 0 Å². The van der Waals surface area contributed by atoms with E-state index in [4.69, 9.17) is 16.3 Å².